The van der Waals surface area contributed by atoms with Crippen LogP contribution in [0.3, 0.4) is 0 Å². The highest BCUT2D eigenvalue weighted by molar-refractivity contribution is 7.14. The SMILES string of the molecule is CCCCCCCCOc1ccc(Nc2nc(-c3ccc(C=O)c(COC)c3)cs2)cc1C(F)(F)F. The minimum Gasteiger partial charge on any atom is -0.493 e. The van der Waals surface area contributed by atoms with Gasteiger partial charge in [-0.05, 0) is 36.2 Å². The Balaban J connectivity index is 1.69. The summed E-state index contributed by atoms with van der Waals surface area (Å²) in [5.41, 5.74) is 2.15. The molecule has 3 aromatic rings. The highest BCUT2D eigenvalue weighted by Gasteiger charge is 2.34. The number of methoxy groups -OCH3 is 1. The van der Waals surface area contributed by atoms with Crippen molar-refractivity contribution in [3.05, 3.63) is 58.5 Å². The molecule has 0 aliphatic carbocycles. The van der Waals surface area contributed by atoms with Gasteiger partial charge in [-0.3, -0.25) is 4.79 Å². The van der Waals surface area contributed by atoms with Crippen molar-refractivity contribution in [1.29, 1.82) is 0 Å². The lowest BCUT2D eigenvalue weighted by molar-refractivity contribution is -0.138. The van der Waals surface area contributed by atoms with E-state index in [0.29, 0.717) is 16.4 Å². The van der Waals surface area contributed by atoms with Crippen LogP contribution in [0.25, 0.3) is 11.3 Å². The van der Waals surface area contributed by atoms with E-state index in [1.54, 1.807) is 30.7 Å². The average molecular weight is 521 g/mol. The molecule has 0 saturated carbocycles. The van der Waals surface area contributed by atoms with Gasteiger partial charge in [-0.25, -0.2) is 4.98 Å². The van der Waals surface area contributed by atoms with Crippen LogP contribution in [0.2, 0.25) is 0 Å². The molecule has 0 amide bonds. The van der Waals surface area contributed by atoms with Crippen molar-refractivity contribution in [1.82, 2.24) is 4.98 Å². The molecule has 0 atom stereocenters. The Morgan fingerprint density at radius 3 is 2.56 bits per heavy atom. The van der Waals surface area contributed by atoms with E-state index in [9.17, 15) is 18.0 Å². The fourth-order valence-electron chi connectivity index (χ4n) is 3.77. The molecule has 194 valence electrons. The Hall–Kier alpha value is -2.91. The van der Waals surface area contributed by atoms with Crippen LogP contribution in [0.1, 0.15) is 66.9 Å². The van der Waals surface area contributed by atoms with Gasteiger partial charge in [0.1, 0.15) is 12.0 Å². The number of hydrogen-bond acceptors (Lipinski definition) is 6. The van der Waals surface area contributed by atoms with Crippen LogP contribution in [0.15, 0.2) is 41.8 Å². The van der Waals surface area contributed by atoms with Gasteiger partial charge in [-0.2, -0.15) is 13.2 Å². The average Bonchev–Trinajstić information content (AvgIpc) is 3.32. The number of nitrogens with zero attached hydrogens (tertiary/aromatic N) is 1. The number of benzene rings is 2. The molecular weight excluding hydrogens is 489 g/mol. The number of aldehydes is 1. The summed E-state index contributed by atoms with van der Waals surface area (Å²) in [4.78, 5) is 15.7. The number of anilines is 2. The van der Waals surface area contributed by atoms with E-state index in [4.69, 9.17) is 9.47 Å². The first-order valence-electron chi connectivity index (χ1n) is 12.0. The third kappa shape index (κ3) is 7.80. The summed E-state index contributed by atoms with van der Waals surface area (Å²) in [7, 11) is 1.55. The Kier molecular flexibility index (Phi) is 10.3. The zero-order valence-electron chi connectivity index (χ0n) is 20.5. The predicted molar refractivity (Wildman–Crippen MR) is 137 cm³/mol. The van der Waals surface area contributed by atoms with Gasteiger partial charge in [0.05, 0.1) is 24.5 Å². The Morgan fingerprint density at radius 2 is 1.83 bits per heavy atom. The highest BCUT2D eigenvalue weighted by atomic mass is 32.1. The van der Waals surface area contributed by atoms with E-state index in [1.807, 2.05) is 6.07 Å². The molecule has 2 aromatic carbocycles. The zero-order valence-corrected chi connectivity index (χ0v) is 21.3. The zero-order chi connectivity index (χ0) is 26.0. The lowest BCUT2D eigenvalue weighted by Gasteiger charge is -2.15. The number of aromatic nitrogens is 1. The molecule has 0 spiro atoms. The molecule has 36 heavy (non-hydrogen) atoms. The van der Waals surface area contributed by atoms with Gasteiger partial charge in [0.15, 0.2) is 5.13 Å². The molecule has 1 aromatic heterocycles. The highest BCUT2D eigenvalue weighted by Crippen LogP contribution is 2.39. The minimum absolute atomic E-state index is 0.164. The van der Waals surface area contributed by atoms with Crippen LogP contribution in [0.5, 0.6) is 5.75 Å². The van der Waals surface area contributed by atoms with E-state index in [-0.39, 0.29) is 24.7 Å². The van der Waals surface area contributed by atoms with Crippen LogP contribution in [0, 0.1) is 0 Å². The number of unbranched alkanes of at least 4 members (excludes halogenated alkanes) is 5. The third-order valence-electron chi connectivity index (χ3n) is 5.66. The van der Waals surface area contributed by atoms with Crippen molar-refractivity contribution in [2.24, 2.45) is 0 Å². The number of halogens is 3. The number of carbonyl (C=O) groups is 1. The van der Waals surface area contributed by atoms with Crippen LogP contribution in [-0.2, 0) is 17.5 Å². The molecule has 0 radical (unpaired) electrons. The smallest absolute Gasteiger partial charge is 0.420 e. The second-order valence-electron chi connectivity index (χ2n) is 8.45. The predicted octanol–water partition coefficient (Wildman–Crippen LogP) is 8.27. The molecule has 1 N–H and O–H groups in total. The Bertz CT molecular complexity index is 1130. The minimum atomic E-state index is -4.54. The van der Waals surface area contributed by atoms with Gasteiger partial charge in [0.25, 0.3) is 0 Å². The molecule has 0 unspecified atom stereocenters. The van der Waals surface area contributed by atoms with E-state index in [0.717, 1.165) is 55.6 Å². The topological polar surface area (TPSA) is 60.5 Å². The van der Waals surface area contributed by atoms with Crippen molar-refractivity contribution >= 4 is 28.4 Å². The van der Waals surface area contributed by atoms with Gasteiger partial charge in [0.2, 0.25) is 0 Å². The van der Waals surface area contributed by atoms with Crippen LogP contribution in [0.4, 0.5) is 24.0 Å². The lowest BCUT2D eigenvalue weighted by atomic mass is 10.0. The van der Waals surface area contributed by atoms with Crippen LogP contribution in [-0.4, -0.2) is 25.0 Å². The third-order valence-corrected chi connectivity index (χ3v) is 6.42. The van der Waals surface area contributed by atoms with Crippen molar-refractivity contribution in [3.8, 4) is 17.0 Å². The molecular formula is C27H31F3N2O3S. The second kappa shape index (κ2) is 13.4. The molecule has 0 aliphatic heterocycles. The number of hydrogen-bond donors (Lipinski definition) is 1. The van der Waals surface area contributed by atoms with Gasteiger partial charge >= 0.3 is 6.18 Å². The van der Waals surface area contributed by atoms with Crippen LogP contribution >= 0.6 is 11.3 Å². The number of carbonyl (C=O) groups excluding carboxylic acids is 1. The molecule has 0 saturated heterocycles. The van der Waals surface area contributed by atoms with Gasteiger partial charge in [-0.15, -0.1) is 11.3 Å². The first-order valence-corrected chi connectivity index (χ1v) is 12.9. The second-order valence-corrected chi connectivity index (χ2v) is 9.31. The van der Waals surface area contributed by atoms with Crippen LogP contribution < -0.4 is 10.1 Å². The summed E-state index contributed by atoms with van der Waals surface area (Å²) >= 11 is 1.28. The molecule has 9 heteroatoms. The molecule has 0 aliphatic rings. The number of alkyl halides is 3. The van der Waals surface area contributed by atoms with Gasteiger partial charge < -0.3 is 14.8 Å². The van der Waals surface area contributed by atoms with Crippen molar-refractivity contribution in [2.75, 3.05) is 19.0 Å². The van der Waals surface area contributed by atoms with Crippen molar-refractivity contribution in [2.45, 2.75) is 58.2 Å². The number of ether oxygens (including phenoxy) is 2. The molecule has 1 heterocycles. The fraction of sp³-hybridized carbons (Fsp3) is 0.407. The summed E-state index contributed by atoms with van der Waals surface area (Å²) in [5, 5.41) is 5.22. The largest absolute Gasteiger partial charge is 0.493 e. The van der Waals surface area contributed by atoms with E-state index < -0.39 is 11.7 Å². The number of thiazole rings is 1. The summed E-state index contributed by atoms with van der Waals surface area (Å²) in [6.07, 6.45) is 2.43. The summed E-state index contributed by atoms with van der Waals surface area (Å²) < 4.78 is 51.8. The molecule has 5 nitrogen and oxygen atoms in total. The summed E-state index contributed by atoms with van der Waals surface area (Å²) in [5.74, 6) is -0.164. The molecule has 0 fully saturated rings. The van der Waals surface area contributed by atoms with Crippen molar-refractivity contribution < 1.29 is 27.4 Å². The fourth-order valence-corrected chi connectivity index (χ4v) is 4.51. The first-order chi connectivity index (χ1) is 17.4. The molecule has 0 bridgehead atoms. The standard InChI is InChI=1S/C27H31F3N2O3S/c1-3-4-5-6-7-8-13-35-25-12-11-22(15-23(25)27(28,29)30)31-26-32-24(18-36-26)19-9-10-20(16-33)21(14-19)17-34-2/h9-12,14-16,18H,3-8,13,17H2,1-2H3,(H,31,32). The Labute approximate surface area is 213 Å². The van der Waals surface area contributed by atoms with Gasteiger partial charge in [0, 0.05) is 29.3 Å². The lowest BCUT2D eigenvalue weighted by Crippen LogP contribution is -2.10. The first kappa shape index (κ1) is 27.7. The Morgan fingerprint density at radius 1 is 1.06 bits per heavy atom. The van der Waals surface area contributed by atoms with Gasteiger partial charge in [-0.1, -0.05) is 51.2 Å². The maximum atomic E-state index is 13.7. The number of nitrogens with one attached hydrogen (secondary N) is 1. The maximum absolute atomic E-state index is 13.7. The quantitative estimate of drug-likeness (QED) is 0.171. The summed E-state index contributed by atoms with van der Waals surface area (Å²) in [6.45, 7) is 2.68. The molecule has 3 rings (SSSR count). The van der Waals surface area contributed by atoms with E-state index in [1.165, 1.54) is 23.8 Å². The van der Waals surface area contributed by atoms with Crippen molar-refractivity contribution in [3.63, 3.8) is 0 Å². The normalized spacial score (nSPS) is 11.5. The van der Waals surface area contributed by atoms with E-state index >= 15 is 0 Å². The summed E-state index contributed by atoms with van der Waals surface area (Å²) in [6, 6.07) is 9.26. The number of rotatable bonds is 14. The monoisotopic (exact) mass is 520 g/mol. The maximum Gasteiger partial charge on any atom is 0.420 e. The van der Waals surface area contributed by atoms with E-state index in [2.05, 4.69) is 17.2 Å².